The third-order valence-corrected chi connectivity index (χ3v) is 5.72. The van der Waals surface area contributed by atoms with Crippen LogP contribution in [-0.4, -0.2) is 29.7 Å². The van der Waals surface area contributed by atoms with Gasteiger partial charge in [-0.1, -0.05) is 44.2 Å². The molecule has 4 rings (SSSR count). The third-order valence-electron chi connectivity index (χ3n) is 5.72. The van der Waals surface area contributed by atoms with Crippen LogP contribution < -0.4 is 0 Å². The van der Waals surface area contributed by atoms with Crippen molar-refractivity contribution in [3.05, 3.63) is 58.5 Å². The number of Topliss-reactive ketones (excluding diaryl/α,β-unsaturated/α-hetero) is 1. The quantitative estimate of drug-likeness (QED) is 0.807. The molecule has 2 aliphatic rings. The lowest BCUT2D eigenvalue weighted by atomic mass is 9.76. The molecule has 1 aromatic carbocycles. The normalized spacial score (nSPS) is 21.7. The minimum atomic E-state index is -0.110. The maximum atomic E-state index is 13.1. The molecule has 0 spiro atoms. The van der Waals surface area contributed by atoms with Crippen LogP contribution in [0.25, 0.3) is 0 Å². The van der Waals surface area contributed by atoms with E-state index in [0.717, 1.165) is 13.0 Å². The Kier molecular flexibility index (Phi) is 4.02. The lowest BCUT2D eigenvalue weighted by molar-refractivity contribution is 0.0752. The predicted octanol–water partition coefficient (Wildman–Crippen LogP) is 4.37. The SMILES string of the molecule is Cc1c(C(=O)N2CCC(c3ccccc3)C2)oc2c1C(=O)CC(C)(C)C2. The number of hydrogen-bond donors (Lipinski definition) is 0. The number of rotatable bonds is 2. The van der Waals surface area contributed by atoms with Crippen molar-refractivity contribution >= 4 is 11.7 Å². The van der Waals surface area contributed by atoms with Gasteiger partial charge in [-0.3, -0.25) is 9.59 Å². The van der Waals surface area contributed by atoms with Crippen molar-refractivity contribution in [1.29, 1.82) is 0 Å². The Morgan fingerprint density at radius 2 is 1.92 bits per heavy atom. The van der Waals surface area contributed by atoms with Crippen LogP contribution in [-0.2, 0) is 6.42 Å². The molecule has 0 saturated carbocycles. The summed E-state index contributed by atoms with van der Waals surface area (Å²) in [4.78, 5) is 27.4. The fourth-order valence-electron chi connectivity index (χ4n) is 4.37. The van der Waals surface area contributed by atoms with Crippen molar-refractivity contribution in [2.45, 2.75) is 46.0 Å². The molecule has 26 heavy (non-hydrogen) atoms. The average Bonchev–Trinajstić information content (AvgIpc) is 3.19. The van der Waals surface area contributed by atoms with E-state index >= 15 is 0 Å². The van der Waals surface area contributed by atoms with Gasteiger partial charge in [0.1, 0.15) is 5.76 Å². The fraction of sp³-hybridized carbons (Fsp3) is 0.455. The summed E-state index contributed by atoms with van der Waals surface area (Å²) >= 11 is 0. The number of benzene rings is 1. The number of amides is 1. The second-order valence-electron chi connectivity index (χ2n) is 8.44. The van der Waals surface area contributed by atoms with Crippen LogP contribution in [0.4, 0.5) is 0 Å². The highest BCUT2D eigenvalue weighted by molar-refractivity contribution is 6.03. The Morgan fingerprint density at radius 1 is 1.19 bits per heavy atom. The second-order valence-corrected chi connectivity index (χ2v) is 8.44. The molecular formula is C22H25NO3. The first kappa shape index (κ1) is 17.1. The van der Waals surface area contributed by atoms with Crippen molar-refractivity contribution in [3.63, 3.8) is 0 Å². The molecular weight excluding hydrogens is 326 g/mol. The molecule has 2 aromatic rings. The zero-order valence-electron chi connectivity index (χ0n) is 15.7. The molecule has 1 aromatic heterocycles. The molecule has 1 saturated heterocycles. The first-order valence-electron chi connectivity index (χ1n) is 9.35. The number of hydrogen-bond acceptors (Lipinski definition) is 3. The van der Waals surface area contributed by atoms with E-state index < -0.39 is 0 Å². The predicted molar refractivity (Wildman–Crippen MR) is 99.6 cm³/mol. The third kappa shape index (κ3) is 2.87. The Labute approximate surface area is 154 Å². The minimum Gasteiger partial charge on any atom is -0.455 e. The average molecular weight is 351 g/mol. The number of ketones is 1. The summed E-state index contributed by atoms with van der Waals surface area (Å²) in [6, 6.07) is 10.3. The summed E-state index contributed by atoms with van der Waals surface area (Å²) in [5, 5.41) is 0. The van der Waals surface area contributed by atoms with Crippen LogP contribution in [0.1, 0.15) is 70.4 Å². The van der Waals surface area contributed by atoms with Gasteiger partial charge in [0, 0.05) is 37.4 Å². The zero-order valence-corrected chi connectivity index (χ0v) is 15.7. The molecule has 0 N–H and O–H groups in total. The molecule has 136 valence electrons. The molecule has 1 atom stereocenters. The van der Waals surface area contributed by atoms with Gasteiger partial charge in [-0.2, -0.15) is 0 Å². The smallest absolute Gasteiger partial charge is 0.289 e. The molecule has 4 heteroatoms. The lowest BCUT2D eigenvalue weighted by Crippen LogP contribution is -2.28. The van der Waals surface area contributed by atoms with Gasteiger partial charge in [-0.05, 0) is 24.3 Å². The molecule has 1 fully saturated rings. The highest BCUT2D eigenvalue weighted by Crippen LogP contribution is 2.39. The Hall–Kier alpha value is -2.36. The van der Waals surface area contributed by atoms with Crippen molar-refractivity contribution in [1.82, 2.24) is 4.90 Å². The van der Waals surface area contributed by atoms with E-state index in [-0.39, 0.29) is 17.1 Å². The van der Waals surface area contributed by atoms with Gasteiger partial charge in [0.15, 0.2) is 11.5 Å². The fourth-order valence-corrected chi connectivity index (χ4v) is 4.37. The number of likely N-dealkylation sites (tertiary alicyclic amines) is 1. The van der Waals surface area contributed by atoms with Crippen LogP contribution in [0.2, 0.25) is 0 Å². The monoisotopic (exact) mass is 351 g/mol. The summed E-state index contributed by atoms with van der Waals surface area (Å²) in [6.07, 6.45) is 2.17. The van der Waals surface area contributed by atoms with Crippen LogP contribution >= 0.6 is 0 Å². The topological polar surface area (TPSA) is 50.5 Å². The summed E-state index contributed by atoms with van der Waals surface area (Å²) in [7, 11) is 0. The van der Waals surface area contributed by atoms with E-state index in [2.05, 4.69) is 26.0 Å². The second kappa shape index (κ2) is 6.11. The standard InChI is InChI=1S/C22H25NO3/c1-14-19-17(24)11-22(2,3)12-18(19)26-20(14)21(25)23-10-9-16(13-23)15-7-5-4-6-8-15/h4-8,16H,9-13H2,1-3H3. The van der Waals surface area contributed by atoms with Gasteiger partial charge >= 0.3 is 0 Å². The first-order valence-corrected chi connectivity index (χ1v) is 9.35. The molecule has 2 heterocycles. The van der Waals surface area contributed by atoms with Crippen LogP contribution in [0.3, 0.4) is 0 Å². The molecule has 1 aliphatic carbocycles. The van der Waals surface area contributed by atoms with E-state index in [1.54, 1.807) is 0 Å². The highest BCUT2D eigenvalue weighted by atomic mass is 16.4. The van der Waals surface area contributed by atoms with Gasteiger partial charge in [0.25, 0.3) is 5.91 Å². The van der Waals surface area contributed by atoms with Gasteiger partial charge in [0.2, 0.25) is 0 Å². The van der Waals surface area contributed by atoms with E-state index in [1.165, 1.54) is 5.56 Å². The molecule has 1 amide bonds. The number of carbonyl (C=O) groups excluding carboxylic acids is 2. The van der Waals surface area contributed by atoms with Gasteiger partial charge in [-0.25, -0.2) is 0 Å². The van der Waals surface area contributed by atoms with Crippen molar-refractivity contribution in [2.24, 2.45) is 5.41 Å². The Bertz CT molecular complexity index is 863. The van der Waals surface area contributed by atoms with Crippen LogP contribution in [0, 0.1) is 12.3 Å². The van der Waals surface area contributed by atoms with Gasteiger partial charge in [-0.15, -0.1) is 0 Å². The maximum Gasteiger partial charge on any atom is 0.289 e. The van der Waals surface area contributed by atoms with Crippen molar-refractivity contribution in [2.75, 3.05) is 13.1 Å². The molecule has 1 aliphatic heterocycles. The van der Waals surface area contributed by atoms with E-state index in [0.29, 0.717) is 48.0 Å². The lowest BCUT2D eigenvalue weighted by Gasteiger charge is -2.27. The summed E-state index contributed by atoms with van der Waals surface area (Å²) in [5.74, 6) is 1.42. The molecule has 0 bridgehead atoms. The van der Waals surface area contributed by atoms with Gasteiger partial charge < -0.3 is 9.32 Å². The largest absolute Gasteiger partial charge is 0.455 e. The summed E-state index contributed by atoms with van der Waals surface area (Å²) in [5.41, 5.74) is 2.52. The number of nitrogens with zero attached hydrogens (tertiary/aromatic N) is 1. The zero-order chi connectivity index (χ0) is 18.5. The van der Waals surface area contributed by atoms with E-state index in [1.807, 2.05) is 30.0 Å². The van der Waals surface area contributed by atoms with E-state index in [9.17, 15) is 9.59 Å². The van der Waals surface area contributed by atoms with Crippen LogP contribution in [0.5, 0.6) is 0 Å². The molecule has 0 radical (unpaired) electrons. The van der Waals surface area contributed by atoms with Gasteiger partial charge in [0.05, 0.1) is 5.56 Å². The maximum absolute atomic E-state index is 13.1. The van der Waals surface area contributed by atoms with E-state index in [4.69, 9.17) is 4.42 Å². The molecule has 4 nitrogen and oxygen atoms in total. The number of fused-ring (bicyclic) bond motifs is 1. The molecule has 1 unspecified atom stereocenters. The summed E-state index contributed by atoms with van der Waals surface area (Å²) in [6.45, 7) is 7.41. The highest BCUT2D eigenvalue weighted by Gasteiger charge is 2.38. The number of carbonyl (C=O) groups is 2. The first-order chi connectivity index (χ1) is 12.4. The van der Waals surface area contributed by atoms with Crippen LogP contribution in [0.15, 0.2) is 34.7 Å². The van der Waals surface area contributed by atoms with Crippen molar-refractivity contribution < 1.29 is 14.0 Å². The summed E-state index contributed by atoms with van der Waals surface area (Å²) < 4.78 is 5.95. The minimum absolute atomic E-state index is 0.0825. The Morgan fingerprint density at radius 3 is 2.65 bits per heavy atom. The number of furan rings is 1. The Balaban J connectivity index is 1.58. The van der Waals surface area contributed by atoms with Crippen molar-refractivity contribution in [3.8, 4) is 0 Å².